The summed E-state index contributed by atoms with van der Waals surface area (Å²) in [6.07, 6.45) is 2.45. The van der Waals surface area contributed by atoms with Crippen molar-refractivity contribution in [3.63, 3.8) is 0 Å². The van der Waals surface area contributed by atoms with Gasteiger partial charge in [0, 0.05) is 67.7 Å². The van der Waals surface area contributed by atoms with E-state index in [0.717, 1.165) is 35.9 Å². The molecule has 2 aliphatic rings. The van der Waals surface area contributed by atoms with Crippen molar-refractivity contribution < 1.29 is 13.2 Å². The number of rotatable bonds is 5. The van der Waals surface area contributed by atoms with Gasteiger partial charge in [-0.15, -0.1) is 11.3 Å². The van der Waals surface area contributed by atoms with E-state index in [1.807, 2.05) is 29.2 Å². The maximum atomic E-state index is 12.9. The highest BCUT2D eigenvalue weighted by atomic mass is 35.5. The van der Waals surface area contributed by atoms with Crippen LogP contribution in [0.5, 0.6) is 0 Å². The minimum absolute atomic E-state index is 0.0648. The molecule has 0 spiro atoms. The first-order valence-corrected chi connectivity index (χ1v) is 13.6. The summed E-state index contributed by atoms with van der Waals surface area (Å²) < 4.78 is 24.8. The highest BCUT2D eigenvalue weighted by molar-refractivity contribution is 7.88. The molecule has 0 bridgehead atoms. The summed E-state index contributed by atoms with van der Waals surface area (Å²) in [6, 6.07) is 7.71. The number of piperidine rings is 1. The average molecular weight is 483 g/mol. The topological polar surface area (TPSA) is 73.8 Å². The van der Waals surface area contributed by atoms with Crippen LogP contribution in [-0.2, 0) is 21.4 Å². The molecule has 0 saturated carbocycles. The molecule has 4 rings (SSSR count). The number of carbonyl (C=O) groups excluding carboxylic acids is 1. The number of benzene rings is 1. The molecule has 7 nitrogen and oxygen atoms in total. The highest BCUT2D eigenvalue weighted by Gasteiger charge is 2.32. The van der Waals surface area contributed by atoms with Gasteiger partial charge in [0.25, 0.3) is 0 Å². The van der Waals surface area contributed by atoms with Gasteiger partial charge < -0.3 is 4.90 Å². The van der Waals surface area contributed by atoms with Crippen LogP contribution < -0.4 is 0 Å². The Labute approximate surface area is 192 Å². The first kappa shape index (κ1) is 22.7. The summed E-state index contributed by atoms with van der Waals surface area (Å²) in [5, 5.41) is 3.80. The van der Waals surface area contributed by atoms with Crippen LogP contribution >= 0.6 is 22.9 Å². The van der Waals surface area contributed by atoms with E-state index in [9.17, 15) is 13.2 Å². The largest absolute Gasteiger partial charge is 0.340 e. The fourth-order valence-electron chi connectivity index (χ4n) is 4.15. The summed E-state index contributed by atoms with van der Waals surface area (Å²) >= 11 is 7.59. The zero-order valence-electron chi connectivity index (χ0n) is 17.5. The summed E-state index contributed by atoms with van der Waals surface area (Å²) in [5.74, 6) is 0.108. The fourth-order valence-corrected chi connectivity index (χ4v) is 5.97. The number of sulfonamides is 1. The standard InChI is InChI=1S/C21H27ClN4O3S2/c1-31(28,29)26-8-6-17(7-9-26)21(27)25-12-10-24(11-13-25)14-19-15-30-20(23-19)16-2-4-18(22)5-3-16/h2-5,15,17H,6-14H2,1H3. The second-order valence-corrected chi connectivity index (χ2v) is 11.5. The SMILES string of the molecule is CS(=O)(=O)N1CCC(C(=O)N2CCN(Cc3csc(-c4ccc(Cl)cc4)n3)CC2)CC1. The number of hydrogen-bond donors (Lipinski definition) is 0. The minimum Gasteiger partial charge on any atom is -0.340 e. The van der Waals surface area contributed by atoms with Crippen molar-refractivity contribution in [1.29, 1.82) is 0 Å². The molecule has 168 valence electrons. The average Bonchev–Trinajstić information content (AvgIpc) is 3.22. The summed E-state index contributed by atoms with van der Waals surface area (Å²) in [7, 11) is -3.16. The van der Waals surface area contributed by atoms with Gasteiger partial charge in [-0.05, 0) is 25.0 Å². The second-order valence-electron chi connectivity index (χ2n) is 8.19. The Morgan fingerprint density at radius 1 is 1.10 bits per heavy atom. The summed E-state index contributed by atoms with van der Waals surface area (Å²) in [6.45, 7) is 4.71. The molecule has 0 aliphatic carbocycles. The third kappa shape index (κ3) is 5.64. The molecule has 2 aliphatic heterocycles. The number of aromatic nitrogens is 1. The van der Waals surface area contributed by atoms with Gasteiger partial charge in [0.15, 0.2) is 0 Å². The van der Waals surface area contributed by atoms with E-state index in [0.29, 0.717) is 44.0 Å². The Morgan fingerprint density at radius 2 is 1.74 bits per heavy atom. The molecule has 1 aromatic heterocycles. The van der Waals surface area contributed by atoms with Crippen LogP contribution in [0, 0.1) is 5.92 Å². The number of thiazole rings is 1. The fraction of sp³-hybridized carbons (Fsp3) is 0.524. The zero-order valence-corrected chi connectivity index (χ0v) is 19.9. The van der Waals surface area contributed by atoms with Crippen molar-refractivity contribution in [3.8, 4) is 10.6 Å². The smallest absolute Gasteiger partial charge is 0.225 e. The van der Waals surface area contributed by atoms with Crippen LogP contribution in [0.15, 0.2) is 29.6 Å². The van der Waals surface area contributed by atoms with E-state index < -0.39 is 10.0 Å². The van der Waals surface area contributed by atoms with Gasteiger partial charge in [-0.3, -0.25) is 9.69 Å². The van der Waals surface area contributed by atoms with Gasteiger partial charge in [-0.2, -0.15) is 0 Å². The first-order valence-electron chi connectivity index (χ1n) is 10.5. The number of nitrogens with zero attached hydrogens (tertiary/aromatic N) is 4. The molecular formula is C21H27ClN4O3S2. The molecular weight excluding hydrogens is 456 g/mol. The van der Waals surface area contributed by atoms with Gasteiger partial charge in [-0.1, -0.05) is 23.7 Å². The Balaban J connectivity index is 1.26. The van der Waals surface area contributed by atoms with Gasteiger partial charge >= 0.3 is 0 Å². The predicted molar refractivity (Wildman–Crippen MR) is 124 cm³/mol. The normalized spacial score (nSPS) is 19.6. The maximum absolute atomic E-state index is 12.9. The molecule has 31 heavy (non-hydrogen) atoms. The Hall–Kier alpha value is -1.52. The highest BCUT2D eigenvalue weighted by Crippen LogP contribution is 2.26. The van der Waals surface area contributed by atoms with Crippen LogP contribution in [0.25, 0.3) is 10.6 Å². The van der Waals surface area contributed by atoms with Gasteiger partial charge in [0.1, 0.15) is 5.01 Å². The number of hydrogen-bond acceptors (Lipinski definition) is 6. The van der Waals surface area contributed by atoms with Gasteiger partial charge in [0.2, 0.25) is 15.9 Å². The van der Waals surface area contributed by atoms with E-state index in [1.54, 1.807) is 11.3 Å². The third-order valence-corrected chi connectivity index (χ3v) is 8.48. The number of carbonyl (C=O) groups is 1. The molecule has 3 heterocycles. The minimum atomic E-state index is -3.16. The molecule has 2 aromatic rings. The zero-order chi connectivity index (χ0) is 22.0. The van der Waals surface area contributed by atoms with Crippen LogP contribution in [0.3, 0.4) is 0 Å². The van der Waals surface area contributed by atoms with Crippen molar-refractivity contribution in [2.45, 2.75) is 19.4 Å². The maximum Gasteiger partial charge on any atom is 0.225 e. The van der Waals surface area contributed by atoms with Crippen molar-refractivity contribution >= 4 is 38.9 Å². The lowest BCUT2D eigenvalue weighted by Crippen LogP contribution is -2.51. The Kier molecular flexibility index (Phi) is 6.98. The van der Waals surface area contributed by atoms with Gasteiger partial charge in [-0.25, -0.2) is 17.7 Å². The Morgan fingerprint density at radius 3 is 2.35 bits per heavy atom. The number of halogens is 1. The molecule has 0 radical (unpaired) electrons. The van der Waals surface area contributed by atoms with Gasteiger partial charge in [0.05, 0.1) is 11.9 Å². The molecule has 2 fully saturated rings. The third-order valence-electron chi connectivity index (χ3n) is 5.98. The lowest BCUT2D eigenvalue weighted by atomic mass is 9.96. The van der Waals surface area contributed by atoms with Crippen LogP contribution in [-0.4, -0.2) is 78.9 Å². The quantitative estimate of drug-likeness (QED) is 0.655. The molecule has 1 aromatic carbocycles. The molecule has 0 N–H and O–H groups in total. The van der Waals surface area contributed by atoms with E-state index in [4.69, 9.17) is 16.6 Å². The molecule has 2 saturated heterocycles. The van der Waals surface area contributed by atoms with Crippen LogP contribution in [0.4, 0.5) is 0 Å². The lowest BCUT2D eigenvalue weighted by Gasteiger charge is -2.38. The van der Waals surface area contributed by atoms with Crippen molar-refractivity contribution in [1.82, 2.24) is 19.1 Å². The van der Waals surface area contributed by atoms with Crippen molar-refractivity contribution in [2.24, 2.45) is 5.92 Å². The van der Waals surface area contributed by atoms with Crippen molar-refractivity contribution in [2.75, 3.05) is 45.5 Å². The summed E-state index contributed by atoms with van der Waals surface area (Å²) in [5.41, 5.74) is 2.11. The summed E-state index contributed by atoms with van der Waals surface area (Å²) in [4.78, 5) is 21.9. The van der Waals surface area contributed by atoms with E-state index in [1.165, 1.54) is 10.6 Å². The second kappa shape index (κ2) is 9.54. The number of amides is 1. The molecule has 0 unspecified atom stereocenters. The molecule has 1 amide bonds. The van der Waals surface area contributed by atoms with Crippen LogP contribution in [0.1, 0.15) is 18.5 Å². The first-order chi connectivity index (χ1) is 14.8. The predicted octanol–water partition coefficient (Wildman–Crippen LogP) is 2.78. The van der Waals surface area contributed by atoms with E-state index in [-0.39, 0.29) is 11.8 Å². The monoisotopic (exact) mass is 482 g/mol. The lowest BCUT2D eigenvalue weighted by molar-refractivity contribution is -0.138. The van der Waals surface area contributed by atoms with E-state index >= 15 is 0 Å². The Bertz CT molecular complexity index is 1010. The molecule has 0 atom stereocenters. The number of piperazine rings is 1. The molecule has 10 heteroatoms. The van der Waals surface area contributed by atoms with E-state index in [2.05, 4.69) is 10.3 Å². The van der Waals surface area contributed by atoms with Crippen molar-refractivity contribution in [3.05, 3.63) is 40.4 Å². The van der Waals surface area contributed by atoms with Crippen LogP contribution in [0.2, 0.25) is 5.02 Å².